The van der Waals surface area contributed by atoms with E-state index in [1.165, 1.54) is 0 Å². The van der Waals surface area contributed by atoms with Gasteiger partial charge in [-0.15, -0.1) is 0 Å². The van der Waals surface area contributed by atoms with Gasteiger partial charge >= 0.3 is 6.16 Å². The second-order valence-corrected chi connectivity index (χ2v) is 1.11. The largest absolute Gasteiger partial charge is 0.505 e. The molecule has 0 saturated carbocycles. The molecule has 0 spiro atoms. The molecule has 4 heteroatoms. The lowest BCUT2D eigenvalue weighted by molar-refractivity contribution is 0.0966. The van der Waals surface area contributed by atoms with Gasteiger partial charge in [-0.05, 0) is 13.5 Å². The van der Waals surface area contributed by atoms with Crippen LogP contribution in [-0.2, 0) is 4.74 Å². The summed E-state index contributed by atoms with van der Waals surface area (Å²) in [6.07, 6.45) is -1.21. The summed E-state index contributed by atoms with van der Waals surface area (Å²) in [7, 11) is 0. The van der Waals surface area contributed by atoms with Crippen molar-refractivity contribution in [2.24, 2.45) is 5.73 Å². The Morgan fingerprint density at radius 2 is 2.00 bits per heavy atom. The highest BCUT2D eigenvalue weighted by atomic mass is 16.7. The minimum atomic E-state index is -1.21. The first-order valence-corrected chi connectivity index (χ1v) is 2.74. The number of hydrogen-bond donors (Lipinski definition) is 2. The van der Waals surface area contributed by atoms with Crippen molar-refractivity contribution in [1.29, 1.82) is 0 Å². The predicted molar refractivity (Wildman–Crippen MR) is 34.4 cm³/mol. The molecule has 0 aliphatic rings. The lowest BCUT2D eigenvalue weighted by atomic mass is 10.8. The first-order valence-electron chi connectivity index (χ1n) is 2.74. The fraction of sp³-hybridized carbons (Fsp3) is 0.800. The third kappa shape index (κ3) is 39.8. The normalized spacial score (nSPS) is 7.00. The van der Waals surface area contributed by atoms with Crippen LogP contribution in [0.2, 0.25) is 0 Å². The summed E-state index contributed by atoms with van der Waals surface area (Å²) >= 11 is 0. The van der Waals surface area contributed by atoms with Crippen molar-refractivity contribution >= 4 is 6.16 Å². The minimum Gasteiger partial charge on any atom is -0.450 e. The molecule has 0 aromatic carbocycles. The molecule has 0 radical (unpaired) electrons. The third-order valence-corrected chi connectivity index (χ3v) is 0.268. The highest BCUT2D eigenvalue weighted by molar-refractivity contribution is 5.56. The fourth-order valence-corrected chi connectivity index (χ4v) is 0.123. The smallest absolute Gasteiger partial charge is 0.450 e. The van der Waals surface area contributed by atoms with Crippen molar-refractivity contribution in [1.82, 2.24) is 0 Å². The van der Waals surface area contributed by atoms with E-state index in [4.69, 9.17) is 10.8 Å². The van der Waals surface area contributed by atoms with Gasteiger partial charge < -0.3 is 15.6 Å². The van der Waals surface area contributed by atoms with Crippen LogP contribution in [0.3, 0.4) is 0 Å². The number of hydrogen-bond acceptors (Lipinski definition) is 3. The van der Waals surface area contributed by atoms with E-state index in [0.717, 1.165) is 6.54 Å². The van der Waals surface area contributed by atoms with Gasteiger partial charge in [-0.25, -0.2) is 4.79 Å². The summed E-state index contributed by atoms with van der Waals surface area (Å²) in [6.45, 7) is 4.50. The van der Waals surface area contributed by atoms with Crippen LogP contribution >= 0.6 is 0 Å². The number of nitrogens with two attached hydrogens (primary N) is 1. The van der Waals surface area contributed by atoms with Crippen molar-refractivity contribution in [3.63, 3.8) is 0 Å². The van der Waals surface area contributed by atoms with Crippen LogP contribution in [0.1, 0.15) is 13.8 Å². The maximum absolute atomic E-state index is 9.38. The Morgan fingerprint density at radius 1 is 1.67 bits per heavy atom. The summed E-state index contributed by atoms with van der Waals surface area (Å²) < 4.78 is 3.96. The summed E-state index contributed by atoms with van der Waals surface area (Å²) in [6, 6.07) is 0. The van der Waals surface area contributed by atoms with E-state index in [0.29, 0.717) is 0 Å². The molecule has 0 rings (SSSR count). The van der Waals surface area contributed by atoms with Crippen LogP contribution < -0.4 is 5.73 Å². The number of carbonyl (C=O) groups is 1. The van der Waals surface area contributed by atoms with E-state index in [1.807, 2.05) is 6.92 Å². The van der Waals surface area contributed by atoms with Crippen LogP contribution in [0.25, 0.3) is 0 Å². The van der Waals surface area contributed by atoms with E-state index in [1.54, 1.807) is 6.92 Å². The maximum Gasteiger partial charge on any atom is 0.505 e. The number of carboxylic acid groups (broad SMARTS) is 1. The predicted octanol–water partition coefficient (Wildman–Crippen LogP) is 0.666. The van der Waals surface area contributed by atoms with Gasteiger partial charge in [-0.1, -0.05) is 6.92 Å². The standard InChI is InChI=1S/C3H6O3.C2H7N/c1-2-6-3(4)5;1-2-3/h2H2,1H3,(H,4,5);2-3H2,1H3. The molecule has 3 N–H and O–H groups in total. The van der Waals surface area contributed by atoms with Gasteiger partial charge in [0.1, 0.15) is 0 Å². The highest BCUT2D eigenvalue weighted by Gasteiger charge is 1.86. The molecule has 0 aromatic rings. The van der Waals surface area contributed by atoms with Crippen LogP contribution in [0.15, 0.2) is 0 Å². The molecule has 0 unspecified atom stereocenters. The summed E-state index contributed by atoms with van der Waals surface area (Å²) in [5.41, 5.74) is 4.85. The molecule has 0 atom stereocenters. The van der Waals surface area contributed by atoms with Gasteiger partial charge in [0.25, 0.3) is 0 Å². The lowest BCUT2D eigenvalue weighted by Gasteiger charge is -1.87. The zero-order valence-corrected chi connectivity index (χ0v) is 5.76. The van der Waals surface area contributed by atoms with E-state index in [2.05, 4.69) is 4.74 Å². The van der Waals surface area contributed by atoms with E-state index < -0.39 is 6.16 Å². The number of rotatable bonds is 1. The second kappa shape index (κ2) is 10.3. The molecular formula is C5H13NO3. The zero-order valence-electron chi connectivity index (χ0n) is 5.76. The Balaban J connectivity index is 0. The molecular weight excluding hydrogens is 122 g/mol. The van der Waals surface area contributed by atoms with Crippen molar-refractivity contribution in [2.75, 3.05) is 13.2 Å². The number of ether oxygens (including phenoxy) is 1. The van der Waals surface area contributed by atoms with Crippen molar-refractivity contribution in [3.05, 3.63) is 0 Å². The van der Waals surface area contributed by atoms with E-state index in [-0.39, 0.29) is 6.61 Å². The topological polar surface area (TPSA) is 72.5 Å². The average Bonchev–Trinajstić information content (AvgIpc) is 1.67. The maximum atomic E-state index is 9.38. The van der Waals surface area contributed by atoms with Gasteiger partial charge in [0.05, 0.1) is 6.61 Å². The van der Waals surface area contributed by atoms with Gasteiger partial charge in [-0.2, -0.15) is 0 Å². The van der Waals surface area contributed by atoms with Crippen LogP contribution in [-0.4, -0.2) is 24.4 Å². The lowest BCUT2D eigenvalue weighted by Crippen LogP contribution is -1.97. The van der Waals surface area contributed by atoms with Gasteiger partial charge in [0.2, 0.25) is 0 Å². The Morgan fingerprint density at radius 3 is 2.00 bits per heavy atom. The van der Waals surface area contributed by atoms with Crippen LogP contribution in [0.5, 0.6) is 0 Å². The molecule has 4 nitrogen and oxygen atoms in total. The molecule has 9 heavy (non-hydrogen) atoms. The summed E-state index contributed by atoms with van der Waals surface area (Å²) in [5, 5.41) is 7.69. The van der Waals surface area contributed by atoms with Crippen molar-refractivity contribution in [2.45, 2.75) is 13.8 Å². The molecule has 0 amide bonds. The van der Waals surface area contributed by atoms with Crippen LogP contribution in [0.4, 0.5) is 4.79 Å². The first-order chi connectivity index (χ1) is 4.18. The summed E-state index contributed by atoms with van der Waals surface area (Å²) in [4.78, 5) is 9.38. The SMILES string of the molecule is CCN.CCOC(=O)O. The van der Waals surface area contributed by atoms with E-state index >= 15 is 0 Å². The molecule has 0 saturated heterocycles. The highest BCUT2D eigenvalue weighted by Crippen LogP contribution is 1.69. The molecule has 56 valence electrons. The Bertz CT molecular complexity index is 65.2. The van der Waals surface area contributed by atoms with E-state index in [9.17, 15) is 4.79 Å². The first kappa shape index (κ1) is 11.1. The zero-order chi connectivity index (χ0) is 7.70. The van der Waals surface area contributed by atoms with Crippen LogP contribution in [0, 0.1) is 0 Å². The fourth-order valence-electron chi connectivity index (χ4n) is 0.123. The average molecular weight is 135 g/mol. The minimum absolute atomic E-state index is 0.231. The second-order valence-electron chi connectivity index (χ2n) is 1.11. The Labute approximate surface area is 54.6 Å². The van der Waals surface area contributed by atoms with Crippen molar-refractivity contribution in [3.8, 4) is 0 Å². The molecule has 0 heterocycles. The molecule has 0 aromatic heterocycles. The van der Waals surface area contributed by atoms with Gasteiger partial charge in [-0.3, -0.25) is 0 Å². The molecule has 0 fully saturated rings. The van der Waals surface area contributed by atoms with Gasteiger partial charge in [0, 0.05) is 0 Å². The molecule has 0 aliphatic carbocycles. The molecule has 0 bridgehead atoms. The van der Waals surface area contributed by atoms with Crippen molar-refractivity contribution < 1.29 is 14.6 Å². The van der Waals surface area contributed by atoms with Gasteiger partial charge in [0.15, 0.2) is 0 Å². The Hall–Kier alpha value is -0.770. The third-order valence-electron chi connectivity index (χ3n) is 0.268. The quantitative estimate of drug-likeness (QED) is 0.518. The Kier molecular flexibility index (Phi) is 12.6. The monoisotopic (exact) mass is 135 g/mol. The summed E-state index contributed by atoms with van der Waals surface area (Å²) in [5.74, 6) is 0. The molecule has 0 aliphatic heterocycles.